The zero-order valence-corrected chi connectivity index (χ0v) is 11.7. The first-order valence-corrected chi connectivity index (χ1v) is 6.41. The van der Waals surface area contributed by atoms with E-state index in [0.29, 0.717) is 16.5 Å². The lowest BCUT2D eigenvalue weighted by Gasteiger charge is -2.22. The number of carbonyl (C=O) groups excluding carboxylic acids is 1. The van der Waals surface area contributed by atoms with Gasteiger partial charge < -0.3 is 5.73 Å². The molecule has 0 amide bonds. The molecule has 17 heavy (non-hydrogen) atoms. The van der Waals surface area contributed by atoms with Crippen LogP contribution in [0.4, 0.5) is 4.39 Å². The second-order valence-corrected chi connectivity index (χ2v) is 5.46. The number of Topliss-reactive ketones (excluding diaryl/α,β-unsaturated/α-hetero) is 1. The van der Waals surface area contributed by atoms with Crippen LogP contribution in [0.5, 0.6) is 0 Å². The maximum atomic E-state index is 13.2. The molecule has 0 saturated heterocycles. The van der Waals surface area contributed by atoms with Crippen molar-refractivity contribution in [3.05, 3.63) is 34.1 Å². The average molecular weight is 302 g/mol. The Labute approximate surface area is 110 Å². The molecular formula is C13H17BrFNO. The Morgan fingerprint density at radius 1 is 1.47 bits per heavy atom. The number of hydrogen-bond acceptors (Lipinski definition) is 2. The highest BCUT2D eigenvalue weighted by molar-refractivity contribution is 9.10. The van der Waals surface area contributed by atoms with Crippen LogP contribution in [0.15, 0.2) is 22.7 Å². The van der Waals surface area contributed by atoms with Crippen LogP contribution in [0.25, 0.3) is 0 Å². The molecule has 0 radical (unpaired) electrons. The molecular weight excluding hydrogens is 285 g/mol. The van der Waals surface area contributed by atoms with Crippen LogP contribution >= 0.6 is 15.9 Å². The molecule has 1 unspecified atom stereocenters. The Morgan fingerprint density at radius 2 is 2.12 bits per heavy atom. The molecule has 94 valence electrons. The highest BCUT2D eigenvalue weighted by Crippen LogP contribution is 2.18. The van der Waals surface area contributed by atoms with E-state index in [1.807, 2.05) is 6.92 Å². The molecule has 2 N–H and O–H groups in total. The first kappa shape index (κ1) is 14.3. The Morgan fingerprint density at radius 3 is 2.65 bits per heavy atom. The zero-order valence-electron chi connectivity index (χ0n) is 10.1. The first-order chi connectivity index (χ1) is 7.85. The van der Waals surface area contributed by atoms with Gasteiger partial charge in [-0.15, -0.1) is 0 Å². The van der Waals surface area contributed by atoms with Gasteiger partial charge >= 0.3 is 0 Å². The maximum Gasteiger partial charge on any atom is 0.156 e. The predicted molar refractivity (Wildman–Crippen MR) is 70.3 cm³/mol. The Kier molecular flexibility index (Phi) is 4.83. The maximum absolute atomic E-state index is 13.2. The molecule has 0 bridgehead atoms. The van der Waals surface area contributed by atoms with Crippen molar-refractivity contribution in [2.75, 3.05) is 0 Å². The number of halogens is 2. The number of benzene rings is 1. The molecule has 1 rings (SSSR count). The van der Waals surface area contributed by atoms with Gasteiger partial charge in [0.2, 0.25) is 0 Å². The lowest BCUT2D eigenvalue weighted by atomic mass is 9.88. The number of carbonyl (C=O) groups is 1. The average Bonchev–Trinajstić information content (AvgIpc) is 2.15. The van der Waals surface area contributed by atoms with Gasteiger partial charge in [0.15, 0.2) is 5.78 Å². The molecule has 1 atom stereocenters. The monoisotopic (exact) mass is 301 g/mol. The fourth-order valence-electron chi connectivity index (χ4n) is 1.76. The van der Waals surface area contributed by atoms with Crippen molar-refractivity contribution in [3.8, 4) is 0 Å². The van der Waals surface area contributed by atoms with E-state index in [1.54, 1.807) is 13.0 Å². The predicted octanol–water partition coefficient (Wildman–Crippen LogP) is 3.22. The quantitative estimate of drug-likeness (QED) is 0.907. The van der Waals surface area contributed by atoms with Gasteiger partial charge in [-0.1, -0.05) is 29.3 Å². The van der Waals surface area contributed by atoms with E-state index in [0.717, 1.165) is 6.42 Å². The molecule has 4 heteroatoms. The van der Waals surface area contributed by atoms with E-state index in [4.69, 9.17) is 5.73 Å². The zero-order chi connectivity index (χ0) is 13.1. The van der Waals surface area contributed by atoms with Crippen LogP contribution in [0, 0.1) is 5.82 Å². The minimum atomic E-state index is -0.826. The highest BCUT2D eigenvalue weighted by Gasteiger charge is 2.26. The summed E-state index contributed by atoms with van der Waals surface area (Å²) in [7, 11) is 0. The topological polar surface area (TPSA) is 43.1 Å². The van der Waals surface area contributed by atoms with Crippen molar-refractivity contribution >= 4 is 21.7 Å². The van der Waals surface area contributed by atoms with Gasteiger partial charge in [0.05, 0.1) is 5.54 Å². The molecule has 0 aliphatic carbocycles. The normalized spacial score (nSPS) is 14.4. The molecule has 0 fully saturated rings. The summed E-state index contributed by atoms with van der Waals surface area (Å²) in [5.74, 6) is -0.409. The number of ketones is 1. The van der Waals surface area contributed by atoms with Gasteiger partial charge in [-0.05, 0) is 37.1 Å². The summed E-state index contributed by atoms with van der Waals surface area (Å²) < 4.78 is 13.8. The lowest BCUT2D eigenvalue weighted by Crippen LogP contribution is -2.45. The third-order valence-corrected chi connectivity index (χ3v) is 3.15. The van der Waals surface area contributed by atoms with Gasteiger partial charge in [0.25, 0.3) is 0 Å². The molecule has 0 aromatic heterocycles. The molecule has 0 saturated carbocycles. The molecule has 0 spiro atoms. The van der Waals surface area contributed by atoms with E-state index in [9.17, 15) is 9.18 Å². The van der Waals surface area contributed by atoms with Crippen molar-refractivity contribution in [3.63, 3.8) is 0 Å². The SMILES string of the molecule is CCCC(C)(N)C(=O)Cc1cc(F)cc(Br)c1. The largest absolute Gasteiger partial charge is 0.319 e. The van der Waals surface area contributed by atoms with Crippen LogP contribution in [-0.4, -0.2) is 11.3 Å². The minimum Gasteiger partial charge on any atom is -0.319 e. The fourth-order valence-corrected chi connectivity index (χ4v) is 2.27. The lowest BCUT2D eigenvalue weighted by molar-refractivity contribution is -0.123. The van der Waals surface area contributed by atoms with Crippen LogP contribution in [0.1, 0.15) is 32.3 Å². The van der Waals surface area contributed by atoms with Gasteiger partial charge in [0, 0.05) is 10.9 Å². The summed E-state index contributed by atoms with van der Waals surface area (Å²) in [6.45, 7) is 3.71. The highest BCUT2D eigenvalue weighted by atomic mass is 79.9. The number of rotatable bonds is 5. The van der Waals surface area contributed by atoms with Crippen molar-refractivity contribution < 1.29 is 9.18 Å². The molecule has 1 aromatic rings. The van der Waals surface area contributed by atoms with Crippen LogP contribution < -0.4 is 5.73 Å². The summed E-state index contributed by atoms with van der Waals surface area (Å²) in [4.78, 5) is 12.0. The van der Waals surface area contributed by atoms with Crippen molar-refractivity contribution in [2.24, 2.45) is 5.73 Å². The van der Waals surface area contributed by atoms with E-state index < -0.39 is 5.54 Å². The van der Waals surface area contributed by atoms with Crippen molar-refractivity contribution in [2.45, 2.75) is 38.6 Å². The third kappa shape index (κ3) is 4.21. The Bertz CT molecular complexity index is 398. The van der Waals surface area contributed by atoms with Crippen LogP contribution in [0.2, 0.25) is 0 Å². The second kappa shape index (κ2) is 5.74. The molecule has 2 nitrogen and oxygen atoms in total. The smallest absolute Gasteiger partial charge is 0.156 e. The first-order valence-electron chi connectivity index (χ1n) is 5.62. The van der Waals surface area contributed by atoms with Gasteiger partial charge in [0.1, 0.15) is 5.82 Å². The van der Waals surface area contributed by atoms with E-state index in [-0.39, 0.29) is 18.0 Å². The van der Waals surface area contributed by atoms with Crippen LogP contribution in [0.3, 0.4) is 0 Å². The fraction of sp³-hybridized carbons (Fsp3) is 0.462. The molecule has 1 aromatic carbocycles. The van der Waals surface area contributed by atoms with E-state index in [1.165, 1.54) is 12.1 Å². The summed E-state index contributed by atoms with van der Waals surface area (Å²) in [6, 6.07) is 4.47. The second-order valence-electron chi connectivity index (χ2n) is 4.55. The summed E-state index contributed by atoms with van der Waals surface area (Å²) in [5, 5.41) is 0. The molecule has 0 aliphatic heterocycles. The summed E-state index contributed by atoms with van der Waals surface area (Å²) >= 11 is 3.20. The standard InChI is InChI=1S/C13H17BrFNO/c1-3-4-13(2,16)12(17)7-9-5-10(14)8-11(15)6-9/h5-6,8H,3-4,7,16H2,1-2H3. The van der Waals surface area contributed by atoms with Crippen molar-refractivity contribution in [1.82, 2.24) is 0 Å². The third-order valence-electron chi connectivity index (χ3n) is 2.69. The van der Waals surface area contributed by atoms with Crippen molar-refractivity contribution in [1.29, 1.82) is 0 Å². The number of nitrogens with two attached hydrogens (primary N) is 1. The molecule has 0 aliphatic rings. The summed E-state index contributed by atoms with van der Waals surface area (Å²) in [5.41, 5.74) is 5.76. The van der Waals surface area contributed by atoms with Crippen LogP contribution in [-0.2, 0) is 11.2 Å². The summed E-state index contributed by atoms with van der Waals surface area (Å²) in [6.07, 6.45) is 1.66. The van der Waals surface area contributed by atoms with Gasteiger partial charge in [-0.2, -0.15) is 0 Å². The van der Waals surface area contributed by atoms with Gasteiger partial charge in [-0.3, -0.25) is 4.79 Å². The van der Waals surface area contributed by atoms with E-state index in [2.05, 4.69) is 15.9 Å². The molecule has 0 heterocycles. The Hall–Kier alpha value is -0.740. The van der Waals surface area contributed by atoms with E-state index >= 15 is 0 Å². The Balaban J connectivity index is 2.80. The van der Waals surface area contributed by atoms with Gasteiger partial charge in [-0.25, -0.2) is 4.39 Å². The number of hydrogen-bond donors (Lipinski definition) is 1. The minimum absolute atomic E-state index is 0.0585.